The minimum absolute atomic E-state index is 0.374. The highest BCUT2D eigenvalue weighted by Gasteiger charge is 2.43. The molecular weight excluding hydrogens is 476 g/mol. The van der Waals surface area contributed by atoms with Gasteiger partial charge >= 0.3 is 37.6 Å². The Bertz CT molecular complexity index is 879. The Morgan fingerprint density at radius 3 is 1.06 bits per heavy atom. The molecule has 0 saturated carbocycles. The fraction of sp³-hybridized carbons (Fsp3) is 0.364. The third-order valence-corrected chi connectivity index (χ3v) is 13.2. The van der Waals surface area contributed by atoms with Gasteiger partial charge in [0.25, 0.3) is 0 Å². The molecule has 0 amide bonds. The largest absolute Gasteiger partial charge is 0.521 e. The fourth-order valence-corrected chi connectivity index (χ4v) is 15.1. The summed E-state index contributed by atoms with van der Waals surface area (Å²) in [6.45, 7) is 14.5. The predicted molar refractivity (Wildman–Crippen MR) is 131 cm³/mol. The van der Waals surface area contributed by atoms with E-state index in [0.29, 0.717) is 23.0 Å². The van der Waals surface area contributed by atoms with Crippen LogP contribution in [0.1, 0.15) is 13.8 Å². The molecule has 0 saturated heterocycles. The molecule has 2 aromatic rings. The van der Waals surface area contributed by atoms with Gasteiger partial charge in [0.2, 0.25) is 0 Å². The third-order valence-electron chi connectivity index (χ3n) is 3.88. The number of hydrogen-bond acceptors (Lipinski definition) is 8. The second kappa shape index (κ2) is 10.7. The van der Waals surface area contributed by atoms with Crippen LogP contribution in [0.25, 0.3) is 0 Å². The molecule has 0 spiro atoms. The lowest BCUT2D eigenvalue weighted by Crippen LogP contribution is -2.56. The van der Waals surface area contributed by atoms with Crippen LogP contribution < -0.4 is 18.3 Å². The van der Waals surface area contributed by atoms with Gasteiger partial charge in [-0.1, -0.05) is 0 Å². The molecule has 2 rings (SSSR count). The number of rotatable bonds is 10. The summed E-state index contributed by atoms with van der Waals surface area (Å²) < 4.78 is 35.2. The lowest BCUT2D eigenvalue weighted by molar-refractivity contribution is -0.132. The van der Waals surface area contributed by atoms with Crippen molar-refractivity contribution in [3.05, 3.63) is 48.5 Å². The Kier molecular flexibility index (Phi) is 8.65. The first-order valence-electron chi connectivity index (χ1n) is 10.5. The zero-order valence-corrected chi connectivity index (χ0v) is 23.4. The number of benzene rings is 2. The van der Waals surface area contributed by atoms with Gasteiger partial charge in [0.05, 0.1) is 0 Å². The van der Waals surface area contributed by atoms with Crippen LogP contribution in [0.15, 0.2) is 48.5 Å². The standard InChI is InChI=1S/C22H32O8Si3/c1-17(23)25-19-9-13-21(14-10-19)27-31(3,4)29-33(7,8)30-32(5,6)28-22-15-11-20(12-16-22)26-18(2)24/h9-16H,1-8H3. The van der Waals surface area contributed by atoms with E-state index in [1.54, 1.807) is 48.5 Å². The van der Waals surface area contributed by atoms with Crippen molar-refractivity contribution in [2.75, 3.05) is 0 Å². The first kappa shape index (κ1) is 26.8. The molecule has 0 aromatic heterocycles. The number of ether oxygens (including phenoxy) is 2. The van der Waals surface area contributed by atoms with Gasteiger partial charge in [-0.25, -0.2) is 0 Å². The maximum absolute atomic E-state index is 11.1. The van der Waals surface area contributed by atoms with E-state index < -0.39 is 25.7 Å². The highest BCUT2D eigenvalue weighted by molar-refractivity contribution is 6.84. The van der Waals surface area contributed by atoms with Crippen LogP contribution in [0, 0.1) is 0 Å². The molecule has 0 fully saturated rings. The first-order valence-corrected chi connectivity index (χ1v) is 18.9. The maximum atomic E-state index is 11.1. The summed E-state index contributed by atoms with van der Waals surface area (Å²) in [5.74, 6) is 1.43. The van der Waals surface area contributed by atoms with E-state index >= 15 is 0 Å². The Morgan fingerprint density at radius 1 is 0.515 bits per heavy atom. The molecule has 0 aliphatic carbocycles. The molecule has 0 bridgehead atoms. The molecule has 0 heterocycles. The second-order valence-electron chi connectivity index (χ2n) is 8.74. The summed E-state index contributed by atoms with van der Waals surface area (Å²) in [4.78, 5) is 22.1. The molecular formula is C22H32O8Si3. The van der Waals surface area contributed by atoms with E-state index in [0.717, 1.165) is 0 Å². The zero-order valence-electron chi connectivity index (χ0n) is 20.4. The van der Waals surface area contributed by atoms with Crippen LogP contribution in [0.5, 0.6) is 23.0 Å². The van der Waals surface area contributed by atoms with E-state index in [1.165, 1.54) is 13.8 Å². The van der Waals surface area contributed by atoms with E-state index in [4.69, 9.17) is 26.6 Å². The topological polar surface area (TPSA) is 89.5 Å². The van der Waals surface area contributed by atoms with Crippen molar-refractivity contribution in [1.82, 2.24) is 0 Å². The Balaban J connectivity index is 1.98. The highest BCUT2D eigenvalue weighted by atomic mass is 28.5. The van der Waals surface area contributed by atoms with Gasteiger partial charge in [0, 0.05) is 13.8 Å². The van der Waals surface area contributed by atoms with E-state index in [2.05, 4.69) is 0 Å². The zero-order chi connectivity index (χ0) is 24.9. The van der Waals surface area contributed by atoms with Crippen molar-refractivity contribution < 1.29 is 36.1 Å². The molecule has 8 nitrogen and oxygen atoms in total. The quantitative estimate of drug-likeness (QED) is 0.248. The van der Waals surface area contributed by atoms with Gasteiger partial charge in [-0.3, -0.25) is 9.59 Å². The molecule has 11 heteroatoms. The Morgan fingerprint density at radius 2 is 0.788 bits per heavy atom. The molecule has 2 aromatic carbocycles. The lowest BCUT2D eigenvalue weighted by atomic mass is 10.3. The average molecular weight is 509 g/mol. The molecule has 0 N–H and O–H groups in total. The monoisotopic (exact) mass is 508 g/mol. The van der Waals surface area contributed by atoms with Gasteiger partial charge in [-0.05, 0) is 87.8 Å². The van der Waals surface area contributed by atoms with Crippen molar-refractivity contribution in [3.8, 4) is 23.0 Å². The van der Waals surface area contributed by atoms with Crippen LogP contribution in [0.4, 0.5) is 0 Å². The summed E-state index contributed by atoms with van der Waals surface area (Å²) in [6, 6.07) is 13.7. The Labute approximate surface area is 198 Å². The lowest BCUT2D eigenvalue weighted by Gasteiger charge is -2.37. The van der Waals surface area contributed by atoms with Crippen molar-refractivity contribution >= 4 is 37.6 Å². The smallest absolute Gasteiger partial charge is 0.383 e. The van der Waals surface area contributed by atoms with E-state index in [-0.39, 0.29) is 11.9 Å². The molecule has 0 aliphatic heterocycles. The van der Waals surface area contributed by atoms with Crippen molar-refractivity contribution in [1.29, 1.82) is 0 Å². The summed E-state index contributed by atoms with van der Waals surface area (Å²) >= 11 is 0. The first-order chi connectivity index (χ1) is 15.1. The molecule has 33 heavy (non-hydrogen) atoms. The minimum Gasteiger partial charge on any atom is -0.521 e. The summed E-state index contributed by atoms with van der Waals surface area (Å²) in [5, 5.41) is 0. The summed E-state index contributed by atoms with van der Waals surface area (Å²) in [6.07, 6.45) is 0. The molecule has 0 radical (unpaired) electrons. The fourth-order valence-electron chi connectivity index (χ4n) is 3.30. The highest BCUT2D eigenvalue weighted by Crippen LogP contribution is 2.27. The number of carbonyl (C=O) groups excluding carboxylic acids is 2. The SMILES string of the molecule is CC(=O)Oc1ccc(O[Si](C)(C)O[Si](C)(C)O[Si](C)(C)Oc2ccc(OC(C)=O)cc2)cc1. The third kappa shape index (κ3) is 9.92. The van der Waals surface area contributed by atoms with Crippen molar-refractivity contribution in [2.45, 2.75) is 53.1 Å². The van der Waals surface area contributed by atoms with Crippen molar-refractivity contribution in [3.63, 3.8) is 0 Å². The van der Waals surface area contributed by atoms with E-state index in [9.17, 15) is 9.59 Å². The normalized spacial score (nSPS) is 12.1. The molecule has 180 valence electrons. The van der Waals surface area contributed by atoms with Gasteiger partial charge < -0.3 is 26.6 Å². The summed E-state index contributed by atoms with van der Waals surface area (Å²) in [5.41, 5.74) is 0. The van der Waals surface area contributed by atoms with Gasteiger partial charge in [0.1, 0.15) is 23.0 Å². The van der Waals surface area contributed by atoms with Crippen LogP contribution in [-0.4, -0.2) is 37.6 Å². The maximum Gasteiger partial charge on any atom is 0.383 e. The average Bonchev–Trinajstić information content (AvgIpc) is 2.61. The predicted octanol–water partition coefficient (Wildman–Crippen LogP) is 5.13. The van der Waals surface area contributed by atoms with Crippen LogP contribution >= 0.6 is 0 Å². The second-order valence-corrected chi connectivity index (χ2v) is 19.2. The minimum atomic E-state index is -2.61. The van der Waals surface area contributed by atoms with Gasteiger partial charge in [-0.15, -0.1) is 0 Å². The summed E-state index contributed by atoms with van der Waals surface area (Å²) in [7, 11) is -7.81. The number of carbonyl (C=O) groups is 2. The van der Waals surface area contributed by atoms with Gasteiger partial charge in [-0.2, -0.15) is 0 Å². The molecule has 0 unspecified atom stereocenters. The van der Waals surface area contributed by atoms with Crippen molar-refractivity contribution in [2.24, 2.45) is 0 Å². The van der Waals surface area contributed by atoms with Crippen LogP contribution in [0.3, 0.4) is 0 Å². The Hall–Kier alpha value is -2.45. The molecule has 0 atom stereocenters. The number of hydrogen-bond donors (Lipinski definition) is 0. The van der Waals surface area contributed by atoms with Crippen LogP contribution in [-0.2, 0) is 17.8 Å². The number of esters is 2. The van der Waals surface area contributed by atoms with E-state index in [1.807, 2.05) is 39.3 Å². The molecule has 0 aliphatic rings. The van der Waals surface area contributed by atoms with Gasteiger partial charge in [0.15, 0.2) is 0 Å². The van der Waals surface area contributed by atoms with Crippen LogP contribution in [0.2, 0.25) is 39.3 Å².